The normalized spacial score (nSPS) is 15.0. The molecule has 1 N–H and O–H groups in total. The van der Waals surface area contributed by atoms with Crippen molar-refractivity contribution in [2.45, 2.75) is 19.8 Å². The number of hydrogen-bond acceptors (Lipinski definition) is 3. The molecule has 80 valence electrons. The molecule has 0 atom stereocenters. The van der Waals surface area contributed by atoms with Crippen molar-refractivity contribution in [1.82, 2.24) is 0 Å². The Morgan fingerprint density at radius 3 is 2.80 bits per heavy atom. The smallest absolute Gasteiger partial charge is 0.269 e. The molecule has 0 radical (unpaired) electrons. The van der Waals surface area contributed by atoms with Crippen molar-refractivity contribution in [3.05, 3.63) is 33.9 Å². The molecule has 0 spiro atoms. The van der Waals surface area contributed by atoms with Crippen molar-refractivity contribution in [3.8, 4) is 0 Å². The van der Waals surface area contributed by atoms with E-state index in [-0.39, 0.29) is 10.6 Å². The van der Waals surface area contributed by atoms with Crippen LogP contribution in [0.2, 0.25) is 0 Å². The SMILES string of the molecule is Cc1cc([N+](=O)[O-])ccc1NCC1CC1. The molecule has 1 aromatic carbocycles. The number of rotatable bonds is 4. The summed E-state index contributed by atoms with van der Waals surface area (Å²) in [6.45, 7) is 2.88. The van der Waals surface area contributed by atoms with E-state index in [0.29, 0.717) is 0 Å². The van der Waals surface area contributed by atoms with Crippen LogP contribution >= 0.6 is 0 Å². The number of non-ortho nitro benzene ring substituents is 1. The molecule has 0 aliphatic heterocycles. The summed E-state index contributed by atoms with van der Waals surface area (Å²) >= 11 is 0. The lowest BCUT2D eigenvalue weighted by Gasteiger charge is -2.08. The minimum atomic E-state index is -0.363. The molecule has 1 aliphatic rings. The summed E-state index contributed by atoms with van der Waals surface area (Å²) in [5, 5.41) is 13.8. The van der Waals surface area contributed by atoms with Crippen molar-refractivity contribution in [2.24, 2.45) is 5.92 Å². The lowest BCUT2D eigenvalue weighted by atomic mass is 10.2. The molecule has 0 unspecified atom stereocenters. The predicted molar refractivity (Wildman–Crippen MR) is 59.0 cm³/mol. The molecule has 0 saturated heterocycles. The number of benzene rings is 1. The van der Waals surface area contributed by atoms with Crippen LogP contribution < -0.4 is 5.32 Å². The van der Waals surface area contributed by atoms with Crippen LogP contribution in [0.25, 0.3) is 0 Å². The fourth-order valence-corrected chi connectivity index (χ4v) is 1.54. The summed E-state index contributed by atoms with van der Waals surface area (Å²) < 4.78 is 0. The van der Waals surface area contributed by atoms with Gasteiger partial charge in [0.15, 0.2) is 0 Å². The maximum absolute atomic E-state index is 10.5. The van der Waals surface area contributed by atoms with Crippen LogP contribution in [0, 0.1) is 23.0 Å². The fourth-order valence-electron chi connectivity index (χ4n) is 1.54. The standard InChI is InChI=1S/C11H14N2O2/c1-8-6-10(13(14)15)4-5-11(8)12-7-9-2-3-9/h4-6,9,12H,2-3,7H2,1H3. The lowest BCUT2D eigenvalue weighted by molar-refractivity contribution is -0.384. The maximum Gasteiger partial charge on any atom is 0.269 e. The Morgan fingerprint density at radius 2 is 2.27 bits per heavy atom. The molecule has 1 aromatic rings. The molecule has 4 nitrogen and oxygen atoms in total. The molecule has 0 heterocycles. The third-order valence-corrected chi connectivity index (χ3v) is 2.70. The highest BCUT2D eigenvalue weighted by Crippen LogP contribution is 2.30. The van der Waals surface area contributed by atoms with Gasteiger partial charge in [-0.25, -0.2) is 0 Å². The summed E-state index contributed by atoms with van der Waals surface area (Å²) in [6.07, 6.45) is 2.61. The van der Waals surface area contributed by atoms with Crippen molar-refractivity contribution in [1.29, 1.82) is 0 Å². The minimum absolute atomic E-state index is 0.157. The van der Waals surface area contributed by atoms with Crippen molar-refractivity contribution in [2.75, 3.05) is 11.9 Å². The molecule has 15 heavy (non-hydrogen) atoms. The molecule has 1 saturated carbocycles. The summed E-state index contributed by atoms with van der Waals surface area (Å²) in [5.74, 6) is 0.805. The van der Waals surface area contributed by atoms with Crippen molar-refractivity contribution < 1.29 is 4.92 Å². The van der Waals surface area contributed by atoms with E-state index in [4.69, 9.17) is 0 Å². The van der Waals surface area contributed by atoms with Crippen LogP contribution in [0.5, 0.6) is 0 Å². The largest absolute Gasteiger partial charge is 0.385 e. The first-order valence-electron chi connectivity index (χ1n) is 5.16. The Labute approximate surface area is 88.5 Å². The number of nitro benzene ring substituents is 1. The van der Waals surface area contributed by atoms with Gasteiger partial charge in [-0.1, -0.05) is 0 Å². The van der Waals surface area contributed by atoms with Crippen molar-refractivity contribution in [3.63, 3.8) is 0 Å². The van der Waals surface area contributed by atoms with E-state index in [9.17, 15) is 10.1 Å². The second-order valence-corrected chi connectivity index (χ2v) is 4.08. The van der Waals surface area contributed by atoms with Crippen molar-refractivity contribution >= 4 is 11.4 Å². The van der Waals surface area contributed by atoms with E-state index in [0.717, 1.165) is 23.7 Å². The average Bonchev–Trinajstić information content (AvgIpc) is 2.99. The first-order valence-corrected chi connectivity index (χ1v) is 5.16. The number of nitro groups is 1. The van der Waals surface area contributed by atoms with E-state index in [1.54, 1.807) is 18.2 Å². The fraction of sp³-hybridized carbons (Fsp3) is 0.455. The Balaban J connectivity index is 2.07. The highest BCUT2D eigenvalue weighted by Gasteiger charge is 2.20. The molecule has 0 aromatic heterocycles. The van der Waals surface area contributed by atoms with Gasteiger partial charge in [0.2, 0.25) is 0 Å². The van der Waals surface area contributed by atoms with E-state index in [1.807, 2.05) is 6.92 Å². The minimum Gasteiger partial charge on any atom is -0.385 e. The number of hydrogen-bond donors (Lipinski definition) is 1. The molecular formula is C11H14N2O2. The van der Waals surface area contributed by atoms with Gasteiger partial charge in [-0.05, 0) is 37.3 Å². The predicted octanol–water partition coefficient (Wildman–Crippen LogP) is 2.73. The topological polar surface area (TPSA) is 55.2 Å². The van der Waals surface area contributed by atoms with Gasteiger partial charge in [-0.3, -0.25) is 10.1 Å². The summed E-state index contributed by atoms with van der Waals surface area (Å²) in [4.78, 5) is 10.2. The average molecular weight is 206 g/mol. The van der Waals surface area contributed by atoms with Gasteiger partial charge in [-0.2, -0.15) is 0 Å². The van der Waals surface area contributed by atoms with Crippen LogP contribution in [-0.2, 0) is 0 Å². The molecule has 2 rings (SSSR count). The van der Waals surface area contributed by atoms with E-state index in [1.165, 1.54) is 12.8 Å². The zero-order valence-corrected chi connectivity index (χ0v) is 8.69. The third-order valence-electron chi connectivity index (χ3n) is 2.70. The van der Waals surface area contributed by atoms with Gasteiger partial charge in [0.25, 0.3) is 5.69 Å². The van der Waals surface area contributed by atoms with Crippen LogP contribution in [0.3, 0.4) is 0 Å². The van der Waals surface area contributed by atoms with E-state index >= 15 is 0 Å². The van der Waals surface area contributed by atoms with Gasteiger partial charge in [0.05, 0.1) is 4.92 Å². The molecule has 1 aliphatic carbocycles. The van der Waals surface area contributed by atoms with Crippen LogP contribution in [0.4, 0.5) is 11.4 Å². The molecule has 0 bridgehead atoms. The van der Waals surface area contributed by atoms with Crippen LogP contribution in [0.1, 0.15) is 18.4 Å². The van der Waals surface area contributed by atoms with Crippen LogP contribution in [0.15, 0.2) is 18.2 Å². The summed E-state index contributed by atoms with van der Waals surface area (Å²) in [6, 6.07) is 4.94. The zero-order valence-electron chi connectivity index (χ0n) is 8.69. The number of anilines is 1. The third kappa shape index (κ3) is 2.46. The second kappa shape index (κ2) is 3.88. The number of aryl methyl sites for hydroxylation is 1. The first-order chi connectivity index (χ1) is 7.16. The lowest BCUT2D eigenvalue weighted by Crippen LogP contribution is -2.04. The molecule has 4 heteroatoms. The molecular weight excluding hydrogens is 192 g/mol. The monoisotopic (exact) mass is 206 g/mol. The van der Waals surface area contributed by atoms with E-state index in [2.05, 4.69) is 5.32 Å². The summed E-state index contributed by atoms with van der Waals surface area (Å²) in [5.41, 5.74) is 2.10. The molecule has 0 amide bonds. The Bertz CT molecular complexity index is 386. The number of nitrogens with zero attached hydrogens (tertiary/aromatic N) is 1. The van der Waals surface area contributed by atoms with Gasteiger partial charge in [0.1, 0.15) is 0 Å². The Morgan fingerprint density at radius 1 is 1.53 bits per heavy atom. The van der Waals surface area contributed by atoms with Gasteiger partial charge < -0.3 is 5.32 Å². The maximum atomic E-state index is 10.5. The Kier molecular flexibility index (Phi) is 2.58. The number of nitrogens with one attached hydrogen (secondary N) is 1. The van der Waals surface area contributed by atoms with E-state index < -0.39 is 0 Å². The first kappa shape index (κ1) is 9.96. The molecule has 1 fully saturated rings. The zero-order chi connectivity index (χ0) is 10.8. The van der Waals surface area contributed by atoms with Crippen LogP contribution in [-0.4, -0.2) is 11.5 Å². The highest BCUT2D eigenvalue weighted by atomic mass is 16.6. The van der Waals surface area contributed by atoms with Gasteiger partial charge in [-0.15, -0.1) is 0 Å². The second-order valence-electron chi connectivity index (χ2n) is 4.08. The quantitative estimate of drug-likeness (QED) is 0.608. The van der Waals surface area contributed by atoms with Gasteiger partial charge in [0, 0.05) is 24.4 Å². The highest BCUT2D eigenvalue weighted by molar-refractivity contribution is 5.55. The Hall–Kier alpha value is -1.58. The summed E-state index contributed by atoms with van der Waals surface area (Å²) in [7, 11) is 0. The van der Waals surface area contributed by atoms with Gasteiger partial charge >= 0.3 is 0 Å².